The van der Waals surface area contributed by atoms with Gasteiger partial charge >= 0.3 is 0 Å². The molecule has 0 heterocycles. The number of hydrogen-bond acceptors (Lipinski definition) is 1. The van der Waals surface area contributed by atoms with Crippen LogP contribution in [0, 0.1) is 0 Å². The monoisotopic (exact) mass is 331 g/mol. The summed E-state index contributed by atoms with van der Waals surface area (Å²) in [5.41, 5.74) is 2.31. The highest BCUT2D eigenvalue weighted by molar-refractivity contribution is 9.10. The largest absolute Gasteiger partial charge is 0.350 e. The lowest BCUT2D eigenvalue weighted by Crippen LogP contribution is -2.26. The van der Waals surface area contributed by atoms with E-state index in [1.807, 2.05) is 61.5 Å². The minimum Gasteiger partial charge on any atom is -0.350 e. The van der Waals surface area contributed by atoms with E-state index < -0.39 is 0 Å². The molecule has 2 aromatic carbocycles. The highest BCUT2D eigenvalue weighted by Crippen LogP contribution is 2.16. The third kappa shape index (κ3) is 4.49. The minimum atomic E-state index is 0.0337. The average molecular weight is 332 g/mol. The molecule has 0 radical (unpaired) electrons. The van der Waals surface area contributed by atoms with Crippen LogP contribution < -0.4 is 5.32 Å². The van der Waals surface area contributed by atoms with Gasteiger partial charge in [0.1, 0.15) is 0 Å². The summed E-state index contributed by atoms with van der Waals surface area (Å²) in [4.78, 5) is 11.9. The summed E-state index contributed by atoms with van der Waals surface area (Å²) in [7, 11) is 0. The van der Waals surface area contributed by atoms with Crippen molar-refractivity contribution in [3.05, 3.63) is 70.2 Å². The summed E-state index contributed by atoms with van der Waals surface area (Å²) < 4.78 is 1.05. The number of carbonyl (C=O) groups excluding carboxylic acids is 1. The summed E-state index contributed by atoms with van der Waals surface area (Å²) in [6.45, 7) is 2.00. The Morgan fingerprint density at radius 2 is 1.75 bits per heavy atom. The van der Waals surface area contributed by atoms with Crippen LogP contribution in [0.3, 0.4) is 0 Å². The summed E-state index contributed by atoms with van der Waals surface area (Å²) in [6, 6.07) is 18.1. The number of carbonyl (C=O) groups is 1. The Bertz CT molecular complexity index is 551. The molecule has 0 saturated carbocycles. The fourth-order valence-corrected chi connectivity index (χ4v) is 2.32. The number of halogens is 1. The first-order valence-corrected chi connectivity index (χ1v) is 7.53. The summed E-state index contributed by atoms with van der Waals surface area (Å²) in [5.74, 6) is 0.0873. The van der Waals surface area contributed by atoms with Crippen molar-refractivity contribution in [1.29, 1.82) is 0 Å². The predicted molar refractivity (Wildman–Crippen MR) is 85.5 cm³/mol. The van der Waals surface area contributed by atoms with E-state index >= 15 is 0 Å². The Hall–Kier alpha value is -1.61. The van der Waals surface area contributed by atoms with E-state index in [0.717, 1.165) is 16.5 Å². The molecule has 2 rings (SSSR count). The Morgan fingerprint density at radius 3 is 2.40 bits per heavy atom. The maximum atomic E-state index is 11.9. The third-order valence-electron chi connectivity index (χ3n) is 3.23. The number of benzene rings is 2. The summed E-state index contributed by atoms with van der Waals surface area (Å²) in [6.07, 6.45) is 1.30. The number of amides is 1. The van der Waals surface area contributed by atoms with Crippen molar-refractivity contribution in [2.75, 3.05) is 0 Å². The van der Waals surface area contributed by atoms with Crippen LogP contribution in [0.4, 0.5) is 0 Å². The first-order valence-electron chi connectivity index (χ1n) is 6.74. The average Bonchev–Trinajstić information content (AvgIpc) is 2.47. The van der Waals surface area contributed by atoms with Crippen molar-refractivity contribution in [2.24, 2.45) is 0 Å². The van der Waals surface area contributed by atoms with Crippen LogP contribution in [0.1, 0.15) is 30.5 Å². The zero-order chi connectivity index (χ0) is 14.4. The Balaban J connectivity index is 1.83. The van der Waals surface area contributed by atoms with Crippen LogP contribution in [0.25, 0.3) is 0 Å². The molecule has 1 N–H and O–H groups in total. The molecule has 1 amide bonds. The quantitative estimate of drug-likeness (QED) is 0.871. The Kier molecular flexibility index (Phi) is 5.36. The molecule has 20 heavy (non-hydrogen) atoms. The van der Waals surface area contributed by atoms with E-state index in [1.54, 1.807) is 0 Å². The van der Waals surface area contributed by atoms with Crippen molar-refractivity contribution in [3.63, 3.8) is 0 Å². The Morgan fingerprint density at radius 1 is 1.10 bits per heavy atom. The van der Waals surface area contributed by atoms with Crippen molar-refractivity contribution < 1.29 is 4.79 Å². The van der Waals surface area contributed by atoms with Gasteiger partial charge in [0, 0.05) is 10.9 Å². The van der Waals surface area contributed by atoms with Gasteiger partial charge in [0.25, 0.3) is 0 Å². The van der Waals surface area contributed by atoms with Gasteiger partial charge in [0.2, 0.25) is 5.91 Å². The Labute approximate surface area is 128 Å². The molecule has 0 bridgehead atoms. The normalized spacial score (nSPS) is 11.9. The molecule has 104 valence electrons. The number of hydrogen-bond donors (Lipinski definition) is 1. The zero-order valence-corrected chi connectivity index (χ0v) is 13.1. The van der Waals surface area contributed by atoms with Gasteiger partial charge in [-0.2, -0.15) is 0 Å². The molecule has 0 spiro atoms. The molecule has 0 aromatic heterocycles. The smallest absolute Gasteiger partial charge is 0.220 e. The number of nitrogens with one attached hydrogen (secondary N) is 1. The molecule has 0 aliphatic heterocycles. The molecule has 0 aliphatic carbocycles. The molecule has 3 heteroatoms. The number of rotatable bonds is 5. The van der Waals surface area contributed by atoms with Crippen LogP contribution in [0.15, 0.2) is 59.1 Å². The van der Waals surface area contributed by atoms with E-state index in [2.05, 4.69) is 21.2 Å². The van der Waals surface area contributed by atoms with Crippen molar-refractivity contribution >= 4 is 21.8 Å². The van der Waals surface area contributed by atoms with Gasteiger partial charge in [-0.25, -0.2) is 0 Å². The topological polar surface area (TPSA) is 29.1 Å². The van der Waals surface area contributed by atoms with Gasteiger partial charge in [-0.15, -0.1) is 0 Å². The lowest BCUT2D eigenvalue weighted by molar-refractivity contribution is -0.121. The van der Waals surface area contributed by atoms with Gasteiger partial charge in [0.15, 0.2) is 0 Å². The van der Waals surface area contributed by atoms with Gasteiger partial charge in [-0.05, 0) is 36.6 Å². The lowest BCUT2D eigenvalue weighted by atomic mass is 10.1. The zero-order valence-electron chi connectivity index (χ0n) is 11.5. The highest BCUT2D eigenvalue weighted by atomic mass is 79.9. The van der Waals surface area contributed by atoms with Crippen LogP contribution in [-0.2, 0) is 11.2 Å². The maximum absolute atomic E-state index is 11.9. The van der Waals surface area contributed by atoms with E-state index in [4.69, 9.17) is 0 Å². The third-order valence-corrected chi connectivity index (χ3v) is 3.76. The fraction of sp³-hybridized carbons (Fsp3) is 0.235. The molecular weight excluding hydrogens is 314 g/mol. The first kappa shape index (κ1) is 14.8. The molecule has 0 saturated heterocycles. The van der Waals surface area contributed by atoms with Gasteiger partial charge in [0.05, 0.1) is 6.04 Å². The van der Waals surface area contributed by atoms with Gasteiger partial charge in [-0.3, -0.25) is 4.79 Å². The van der Waals surface area contributed by atoms with Crippen LogP contribution in [0.2, 0.25) is 0 Å². The minimum absolute atomic E-state index is 0.0337. The first-order chi connectivity index (χ1) is 9.65. The summed E-state index contributed by atoms with van der Waals surface area (Å²) in [5, 5.41) is 3.03. The second kappa shape index (κ2) is 7.25. The van der Waals surface area contributed by atoms with Gasteiger partial charge < -0.3 is 5.32 Å². The molecule has 2 nitrogen and oxygen atoms in total. The SMILES string of the molecule is C[C@H](NC(=O)CCc1ccccc1)c1ccc(Br)cc1. The van der Waals surface area contributed by atoms with Crippen LogP contribution >= 0.6 is 15.9 Å². The predicted octanol–water partition coefficient (Wildman–Crippen LogP) is 4.26. The van der Waals surface area contributed by atoms with E-state index in [9.17, 15) is 4.79 Å². The second-order valence-corrected chi connectivity index (χ2v) is 5.74. The van der Waals surface area contributed by atoms with Crippen molar-refractivity contribution in [3.8, 4) is 0 Å². The molecule has 1 atom stereocenters. The molecule has 0 unspecified atom stereocenters. The summed E-state index contributed by atoms with van der Waals surface area (Å²) >= 11 is 3.41. The van der Waals surface area contributed by atoms with E-state index in [1.165, 1.54) is 5.56 Å². The molecule has 2 aromatic rings. The van der Waals surface area contributed by atoms with Crippen molar-refractivity contribution in [1.82, 2.24) is 5.32 Å². The highest BCUT2D eigenvalue weighted by Gasteiger charge is 2.09. The molecule has 0 aliphatic rings. The van der Waals surface area contributed by atoms with Crippen LogP contribution in [0.5, 0.6) is 0 Å². The van der Waals surface area contributed by atoms with E-state index in [-0.39, 0.29) is 11.9 Å². The lowest BCUT2D eigenvalue weighted by Gasteiger charge is -2.14. The fourth-order valence-electron chi connectivity index (χ4n) is 2.05. The molecular formula is C17H18BrNO. The number of aryl methyl sites for hydroxylation is 1. The molecule has 0 fully saturated rings. The maximum Gasteiger partial charge on any atom is 0.220 e. The second-order valence-electron chi connectivity index (χ2n) is 4.83. The standard InChI is InChI=1S/C17H18BrNO/c1-13(15-8-10-16(18)11-9-15)19-17(20)12-7-14-5-3-2-4-6-14/h2-6,8-11,13H,7,12H2,1H3,(H,19,20)/t13-/m0/s1. The van der Waals surface area contributed by atoms with Crippen LogP contribution in [-0.4, -0.2) is 5.91 Å². The van der Waals surface area contributed by atoms with Gasteiger partial charge in [-0.1, -0.05) is 58.4 Å². The van der Waals surface area contributed by atoms with Crippen molar-refractivity contribution in [2.45, 2.75) is 25.8 Å². The van der Waals surface area contributed by atoms with E-state index in [0.29, 0.717) is 6.42 Å².